The molecule has 2 aliphatic rings. The molecule has 2 fully saturated rings. The zero-order valence-electron chi connectivity index (χ0n) is 12.2. The summed E-state index contributed by atoms with van der Waals surface area (Å²) >= 11 is 0. The second-order valence-corrected chi connectivity index (χ2v) is 7.42. The number of nitrogens with one attached hydrogen (secondary N) is 1. The minimum absolute atomic E-state index is 0.530. The van der Waals surface area contributed by atoms with Gasteiger partial charge in [0.25, 0.3) is 0 Å². The molecule has 0 bridgehead atoms. The van der Waals surface area contributed by atoms with Gasteiger partial charge in [-0.1, -0.05) is 27.7 Å². The fourth-order valence-electron chi connectivity index (χ4n) is 3.70. The highest BCUT2D eigenvalue weighted by atomic mass is 15.2. The summed E-state index contributed by atoms with van der Waals surface area (Å²) in [6.07, 6.45) is 4.15. The summed E-state index contributed by atoms with van der Waals surface area (Å²) in [6.45, 7) is 16.0. The molecule has 2 aliphatic heterocycles. The number of rotatable bonds is 3. The summed E-state index contributed by atoms with van der Waals surface area (Å²) in [6, 6.07) is 0. The van der Waals surface area contributed by atoms with Gasteiger partial charge >= 0.3 is 0 Å². The molecule has 1 N–H and O–H groups in total. The van der Waals surface area contributed by atoms with Crippen LogP contribution in [-0.4, -0.2) is 37.6 Å². The standard InChI is InChI=1S/C15H30N2/c1-13(2)15(7-8-16-10-15)12-17-9-5-6-14(3,4)11-17/h13,16H,5-12H2,1-4H3. The first-order valence-corrected chi connectivity index (χ1v) is 7.37. The molecule has 0 aromatic carbocycles. The van der Waals surface area contributed by atoms with Crippen molar-refractivity contribution >= 4 is 0 Å². The van der Waals surface area contributed by atoms with Gasteiger partial charge in [-0.25, -0.2) is 0 Å². The zero-order chi connectivity index (χ0) is 12.5. The SMILES string of the molecule is CC(C)C1(CN2CCCC(C)(C)C2)CCNC1. The third-order valence-corrected chi connectivity index (χ3v) is 5.02. The van der Waals surface area contributed by atoms with E-state index in [4.69, 9.17) is 0 Å². The molecule has 2 rings (SSSR count). The molecular weight excluding hydrogens is 208 g/mol. The van der Waals surface area contributed by atoms with Gasteiger partial charge in [-0.05, 0) is 49.1 Å². The third-order valence-electron chi connectivity index (χ3n) is 5.02. The van der Waals surface area contributed by atoms with Gasteiger partial charge in [0.1, 0.15) is 0 Å². The second kappa shape index (κ2) is 4.89. The van der Waals surface area contributed by atoms with E-state index >= 15 is 0 Å². The van der Waals surface area contributed by atoms with E-state index in [1.807, 2.05) is 0 Å². The van der Waals surface area contributed by atoms with Crippen molar-refractivity contribution in [2.24, 2.45) is 16.7 Å². The summed E-state index contributed by atoms with van der Waals surface area (Å²) in [5, 5.41) is 3.58. The van der Waals surface area contributed by atoms with Crippen molar-refractivity contribution < 1.29 is 0 Å². The average molecular weight is 238 g/mol. The van der Waals surface area contributed by atoms with Gasteiger partial charge in [0.05, 0.1) is 0 Å². The molecule has 17 heavy (non-hydrogen) atoms. The van der Waals surface area contributed by atoms with Gasteiger partial charge in [0.2, 0.25) is 0 Å². The smallest absolute Gasteiger partial charge is 0.00533 e. The lowest BCUT2D eigenvalue weighted by Crippen LogP contribution is -2.48. The van der Waals surface area contributed by atoms with Crippen LogP contribution >= 0.6 is 0 Å². The lowest BCUT2D eigenvalue weighted by molar-refractivity contribution is 0.0552. The van der Waals surface area contributed by atoms with Crippen LogP contribution in [0.5, 0.6) is 0 Å². The van der Waals surface area contributed by atoms with Crippen LogP contribution in [0.2, 0.25) is 0 Å². The Morgan fingerprint density at radius 1 is 1.24 bits per heavy atom. The van der Waals surface area contributed by atoms with Crippen LogP contribution in [0.1, 0.15) is 47.0 Å². The monoisotopic (exact) mass is 238 g/mol. The number of piperidine rings is 1. The lowest BCUT2D eigenvalue weighted by Gasteiger charge is -2.44. The quantitative estimate of drug-likeness (QED) is 0.813. The summed E-state index contributed by atoms with van der Waals surface area (Å²) in [5.74, 6) is 0.794. The topological polar surface area (TPSA) is 15.3 Å². The molecule has 0 amide bonds. The lowest BCUT2D eigenvalue weighted by atomic mass is 9.74. The Morgan fingerprint density at radius 2 is 2.00 bits per heavy atom. The van der Waals surface area contributed by atoms with Gasteiger partial charge in [0, 0.05) is 19.6 Å². The van der Waals surface area contributed by atoms with E-state index in [1.54, 1.807) is 0 Å². The first-order valence-electron chi connectivity index (χ1n) is 7.37. The van der Waals surface area contributed by atoms with Gasteiger partial charge in [-0.15, -0.1) is 0 Å². The van der Waals surface area contributed by atoms with Crippen LogP contribution in [0.15, 0.2) is 0 Å². The Labute approximate surface area is 107 Å². The molecule has 0 saturated carbocycles. The minimum Gasteiger partial charge on any atom is -0.316 e. The van der Waals surface area contributed by atoms with E-state index in [1.165, 1.54) is 52.0 Å². The Bertz CT molecular complexity index is 252. The molecule has 2 heterocycles. The maximum absolute atomic E-state index is 3.58. The fourth-order valence-corrected chi connectivity index (χ4v) is 3.70. The predicted molar refractivity (Wildman–Crippen MR) is 74.2 cm³/mol. The van der Waals surface area contributed by atoms with Gasteiger partial charge in [-0.2, -0.15) is 0 Å². The zero-order valence-corrected chi connectivity index (χ0v) is 12.2. The molecule has 0 radical (unpaired) electrons. The Hall–Kier alpha value is -0.0800. The van der Waals surface area contributed by atoms with Crippen molar-refractivity contribution in [1.29, 1.82) is 0 Å². The van der Waals surface area contributed by atoms with E-state index in [2.05, 4.69) is 37.9 Å². The third kappa shape index (κ3) is 3.03. The number of likely N-dealkylation sites (tertiary alicyclic amines) is 1. The molecule has 0 spiro atoms. The predicted octanol–water partition coefficient (Wildman–Crippen LogP) is 2.74. The highest BCUT2D eigenvalue weighted by Gasteiger charge is 2.39. The average Bonchev–Trinajstić information content (AvgIpc) is 2.66. The molecule has 0 aromatic heterocycles. The summed E-state index contributed by atoms with van der Waals surface area (Å²) in [7, 11) is 0. The van der Waals surface area contributed by atoms with Gasteiger partial charge in [-0.3, -0.25) is 0 Å². The summed E-state index contributed by atoms with van der Waals surface area (Å²) in [5.41, 5.74) is 1.07. The molecule has 2 nitrogen and oxygen atoms in total. The second-order valence-electron chi connectivity index (χ2n) is 7.42. The molecule has 1 atom stereocenters. The van der Waals surface area contributed by atoms with Crippen molar-refractivity contribution in [1.82, 2.24) is 10.2 Å². The van der Waals surface area contributed by atoms with E-state index in [0.717, 1.165) is 5.92 Å². The van der Waals surface area contributed by atoms with Gasteiger partial charge in [0.15, 0.2) is 0 Å². The van der Waals surface area contributed by atoms with Crippen molar-refractivity contribution in [2.45, 2.75) is 47.0 Å². The highest BCUT2D eigenvalue weighted by Crippen LogP contribution is 2.37. The number of hydrogen-bond donors (Lipinski definition) is 1. The van der Waals surface area contributed by atoms with E-state index in [-0.39, 0.29) is 0 Å². The van der Waals surface area contributed by atoms with Crippen LogP contribution in [0.25, 0.3) is 0 Å². The minimum atomic E-state index is 0.530. The van der Waals surface area contributed by atoms with Crippen molar-refractivity contribution in [3.63, 3.8) is 0 Å². The first-order chi connectivity index (χ1) is 7.94. The van der Waals surface area contributed by atoms with Crippen LogP contribution < -0.4 is 5.32 Å². The maximum atomic E-state index is 3.58. The highest BCUT2D eigenvalue weighted by molar-refractivity contribution is 4.94. The summed E-state index contributed by atoms with van der Waals surface area (Å²) in [4.78, 5) is 2.73. The van der Waals surface area contributed by atoms with Crippen LogP contribution in [0.4, 0.5) is 0 Å². The Kier molecular flexibility index (Phi) is 3.84. The van der Waals surface area contributed by atoms with Crippen molar-refractivity contribution in [3.8, 4) is 0 Å². The van der Waals surface area contributed by atoms with Crippen LogP contribution in [-0.2, 0) is 0 Å². The summed E-state index contributed by atoms with van der Waals surface area (Å²) < 4.78 is 0. The number of nitrogens with zero attached hydrogens (tertiary/aromatic N) is 1. The first kappa shape index (κ1) is 13.4. The normalized spacial score (nSPS) is 34.4. The van der Waals surface area contributed by atoms with E-state index < -0.39 is 0 Å². The van der Waals surface area contributed by atoms with Crippen molar-refractivity contribution in [3.05, 3.63) is 0 Å². The molecule has 1 unspecified atom stereocenters. The number of hydrogen-bond acceptors (Lipinski definition) is 2. The molecule has 2 saturated heterocycles. The Morgan fingerprint density at radius 3 is 2.53 bits per heavy atom. The largest absolute Gasteiger partial charge is 0.316 e. The van der Waals surface area contributed by atoms with Gasteiger partial charge < -0.3 is 10.2 Å². The fraction of sp³-hybridized carbons (Fsp3) is 1.00. The van der Waals surface area contributed by atoms with E-state index in [0.29, 0.717) is 10.8 Å². The van der Waals surface area contributed by atoms with E-state index in [9.17, 15) is 0 Å². The molecule has 100 valence electrons. The van der Waals surface area contributed by atoms with Crippen molar-refractivity contribution in [2.75, 3.05) is 32.7 Å². The molecule has 2 heteroatoms. The van der Waals surface area contributed by atoms with Crippen LogP contribution in [0.3, 0.4) is 0 Å². The molecule has 0 aliphatic carbocycles. The maximum Gasteiger partial charge on any atom is 0.00533 e. The Balaban J connectivity index is 1.99. The molecular formula is C15H30N2. The molecule has 0 aromatic rings. The van der Waals surface area contributed by atoms with Crippen LogP contribution in [0, 0.1) is 16.7 Å².